The fourth-order valence-electron chi connectivity index (χ4n) is 1.99. The molecular formula is C14H18O4. The summed E-state index contributed by atoms with van der Waals surface area (Å²) in [6.45, 7) is 2.22. The van der Waals surface area contributed by atoms with Crippen molar-refractivity contribution in [3.63, 3.8) is 0 Å². The number of para-hydroxylation sites is 1. The van der Waals surface area contributed by atoms with Crippen LogP contribution in [0.2, 0.25) is 0 Å². The van der Waals surface area contributed by atoms with E-state index < -0.39 is 0 Å². The molecule has 1 fully saturated rings. The summed E-state index contributed by atoms with van der Waals surface area (Å²) in [6, 6.07) is 7.19. The molecule has 0 bridgehead atoms. The van der Waals surface area contributed by atoms with Crippen LogP contribution in [0.25, 0.3) is 0 Å². The summed E-state index contributed by atoms with van der Waals surface area (Å²) >= 11 is 0. The summed E-state index contributed by atoms with van der Waals surface area (Å²) in [5.41, 5.74) is 0.572. The molecular weight excluding hydrogens is 232 g/mol. The molecule has 1 aromatic rings. The van der Waals surface area contributed by atoms with E-state index in [0.717, 1.165) is 19.6 Å². The van der Waals surface area contributed by atoms with Crippen molar-refractivity contribution in [1.82, 2.24) is 0 Å². The van der Waals surface area contributed by atoms with Gasteiger partial charge in [-0.3, -0.25) is 4.79 Å². The lowest BCUT2D eigenvalue weighted by Gasteiger charge is -2.10. The first kappa shape index (κ1) is 13.1. The summed E-state index contributed by atoms with van der Waals surface area (Å²) in [6.07, 6.45) is 1.02. The Morgan fingerprint density at radius 1 is 1.44 bits per heavy atom. The van der Waals surface area contributed by atoms with E-state index in [1.165, 1.54) is 0 Å². The van der Waals surface area contributed by atoms with E-state index in [1.54, 1.807) is 19.2 Å². The minimum atomic E-state index is -0.0497. The van der Waals surface area contributed by atoms with Crippen LogP contribution in [0.4, 0.5) is 0 Å². The largest absolute Gasteiger partial charge is 0.496 e. The molecule has 0 N–H and O–H groups in total. The molecule has 1 aromatic carbocycles. The lowest BCUT2D eigenvalue weighted by atomic mass is 10.1. The monoisotopic (exact) mass is 250 g/mol. The first-order chi connectivity index (χ1) is 8.81. The van der Waals surface area contributed by atoms with E-state index in [9.17, 15) is 4.79 Å². The summed E-state index contributed by atoms with van der Waals surface area (Å²) in [4.78, 5) is 12.0. The maximum absolute atomic E-state index is 12.0. The molecule has 0 saturated carbocycles. The van der Waals surface area contributed by atoms with Crippen molar-refractivity contribution >= 4 is 5.78 Å². The second-order valence-electron chi connectivity index (χ2n) is 4.37. The van der Waals surface area contributed by atoms with Gasteiger partial charge in [-0.05, 0) is 18.6 Å². The van der Waals surface area contributed by atoms with E-state index >= 15 is 0 Å². The summed E-state index contributed by atoms with van der Waals surface area (Å²) in [7, 11) is 1.56. The Balaban J connectivity index is 1.83. The maximum Gasteiger partial charge on any atom is 0.192 e. The topological polar surface area (TPSA) is 44.8 Å². The molecule has 1 aliphatic heterocycles. The molecule has 1 atom stereocenters. The third kappa shape index (κ3) is 3.31. The van der Waals surface area contributed by atoms with Gasteiger partial charge in [0.15, 0.2) is 5.78 Å². The number of Topliss-reactive ketones (excluding diaryl/α,β-unsaturated/α-hetero) is 1. The van der Waals surface area contributed by atoms with Crippen molar-refractivity contribution in [2.24, 2.45) is 5.92 Å². The highest BCUT2D eigenvalue weighted by Crippen LogP contribution is 2.18. The Bertz CT molecular complexity index is 397. The van der Waals surface area contributed by atoms with Crippen molar-refractivity contribution < 1.29 is 19.0 Å². The first-order valence-electron chi connectivity index (χ1n) is 6.13. The van der Waals surface area contributed by atoms with E-state index in [-0.39, 0.29) is 12.4 Å². The number of hydrogen-bond donors (Lipinski definition) is 0. The van der Waals surface area contributed by atoms with Crippen LogP contribution in [-0.4, -0.2) is 39.3 Å². The molecule has 4 heteroatoms. The van der Waals surface area contributed by atoms with Crippen LogP contribution >= 0.6 is 0 Å². The van der Waals surface area contributed by atoms with Gasteiger partial charge in [0, 0.05) is 12.5 Å². The van der Waals surface area contributed by atoms with Crippen molar-refractivity contribution in [1.29, 1.82) is 0 Å². The number of carbonyl (C=O) groups is 1. The van der Waals surface area contributed by atoms with Gasteiger partial charge in [-0.2, -0.15) is 0 Å². The molecule has 4 nitrogen and oxygen atoms in total. The van der Waals surface area contributed by atoms with Crippen LogP contribution < -0.4 is 4.74 Å². The van der Waals surface area contributed by atoms with Crippen LogP contribution in [0.3, 0.4) is 0 Å². The van der Waals surface area contributed by atoms with Gasteiger partial charge in [-0.1, -0.05) is 12.1 Å². The normalized spacial score (nSPS) is 18.8. The van der Waals surface area contributed by atoms with Gasteiger partial charge in [0.2, 0.25) is 0 Å². The van der Waals surface area contributed by atoms with Gasteiger partial charge < -0.3 is 14.2 Å². The quantitative estimate of drug-likeness (QED) is 0.724. The van der Waals surface area contributed by atoms with Crippen LogP contribution in [0.1, 0.15) is 16.8 Å². The average Bonchev–Trinajstić information content (AvgIpc) is 2.91. The van der Waals surface area contributed by atoms with Crippen molar-refractivity contribution in [3.8, 4) is 5.75 Å². The van der Waals surface area contributed by atoms with E-state index in [2.05, 4.69) is 0 Å². The lowest BCUT2D eigenvalue weighted by Crippen LogP contribution is -2.15. The summed E-state index contributed by atoms with van der Waals surface area (Å²) in [5.74, 6) is 0.970. The zero-order chi connectivity index (χ0) is 12.8. The predicted molar refractivity (Wildman–Crippen MR) is 67.1 cm³/mol. The predicted octanol–water partition coefficient (Wildman–Crippen LogP) is 1.93. The molecule has 0 amide bonds. The number of ketones is 1. The molecule has 0 aliphatic carbocycles. The number of benzene rings is 1. The second-order valence-corrected chi connectivity index (χ2v) is 4.37. The SMILES string of the molecule is COc1ccccc1C(=O)COCC1CCOC1. The molecule has 0 spiro atoms. The molecule has 2 rings (SSSR count). The number of methoxy groups -OCH3 is 1. The Hall–Kier alpha value is -1.39. The van der Waals surface area contributed by atoms with Gasteiger partial charge in [-0.25, -0.2) is 0 Å². The number of ether oxygens (including phenoxy) is 3. The Morgan fingerprint density at radius 3 is 3.00 bits per heavy atom. The highest BCUT2D eigenvalue weighted by molar-refractivity contribution is 5.99. The van der Waals surface area contributed by atoms with Crippen LogP contribution in [-0.2, 0) is 9.47 Å². The molecule has 98 valence electrons. The number of carbonyl (C=O) groups excluding carboxylic acids is 1. The van der Waals surface area contributed by atoms with Crippen molar-refractivity contribution in [3.05, 3.63) is 29.8 Å². The van der Waals surface area contributed by atoms with Crippen LogP contribution in [0.5, 0.6) is 5.75 Å². The van der Waals surface area contributed by atoms with Gasteiger partial charge in [0.25, 0.3) is 0 Å². The van der Waals surface area contributed by atoms with Gasteiger partial charge in [0.1, 0.15) is 12.4 Å². The average molecular weight is 250 g/mol. The molecule has 1 aliphatic rings. The minimum absolute atomic E-state index is 0.0497. The van der Waals surface area contributed by atoms with Gasteiger partial charge in [0.05, 0.1) is 25.9 Å². The first-order valence-corrected chi connectivity index (χ1v) is 6.13. The van der Waals surface area contributed by atoms with E-state index in [4.69, 9.17) is 14.2 Å². The molecule has 1 unspecified atom stereocenters. The second kappa shape index (κ2) is 6.52. The zero-order valence-corrected chi connectivity index (χ0v) is 10.6. The Labute approximate surface area is 107 Å². The molecule has 1 heterocycles. The van der Waals surface area contributed by atoms with Gasteiger partial charge >= 0.3 is 0 Å². The van der Waals surface area contributed by atoms with Crippen LogP contribution in [0, 0.1) is 5.92 Å². The standard InChI is InChI=1S/C14H18O4/c1-16-14-5-3-2-4-12(14)13(15)10-18-9-11-6-7-17-8-11/h2-5,11H,6-10H2,1H3. The molecule has 0 aromatic heterocycles. The molecule has 18 heavy (non-hydrogen) atoms. The Morgan fingerprint density at radius 2 is 2.28 bits per heavy atom. The Kier molecular flexibility index (Phi) is 4.73. The number of rotatable bonds is 6. The fourth-order valence-corrected chi connectivity index (χ4v) is 1.99. The fraction of sp³-hybridized carbons (Fsp3) is 0.500. The van der Waals surface area contributed by atoms with Crippen molar-refractivity contribution in [2.45, 2.75) is 6.42 Å². The highest BCUT2D eigenvalue weighted by atomic mass is 16.5. The maximum atomic E-state index is 12.0. The summed E-state index contributed by atoms with van der Waals surface area (Å²) in [5, 5.41) is 0. The minimum Gasteiger partial charge on any atom is -0.496 e. The van der Waals surface area contributed by atoms with Gasteiger partial charge in [-0.15, -0.1) is 0 Å². The lowest BCUT2D eigenvalue weighted by molar-refractivity contribution is 0.0649. The zero-order valence-electron chi connectivity index (χ0n) is 10.6. The van der Waals surface area contributed by atoms with Crippen LogP contribution in [0.15, 0.2) is 24.3 Å². The molecule has 0 radical (unpaired) electrons. The summed E-state index contributed by atoms with van der Waals surface area (Å²) < 4.78 is 15.8. The van der Waals surface area contributed by atoms with E-state index in [0.29, 0.717) is 23.8 Å². The third-order valence-corrected chi connectivity index (χ3v) is 3.02. The van der Waals surface area contributed by atoms with Crippen molar-refractivity contribution in [2.75, 3.05) is 33.5 Å². The smallest absolute Gasteiger partial charge is 0.192 e. The highest BCUT2D eigenvalue weighted by Gasteiger charge is 2.17. The number of hydrogen-bond acceptors (Lipinski definition) is 4. The van der Waals surface area contributed by atoms with E-state index in [1.807, 2.05) is 12.1 Å². The third-order valence-electron chi connectivity index (χ3n) is 3.02. The molecule has 1 saturated heterocycles.